The van der Waals surface area contributed by atoms with Gasteiger partial charge in [-0.1, -0.05) is 54.1 Å². The number of rotatable bonds is 2. The van der Waals surface area contributed by atoms with Gasteiger partial charge in [0.2, 0.25) is 0 Å². The highest BCUT2D eigenvalue weighted by Crippen LogP contribution is 2.43. The summed E-state index contributed by atoms with van der Waals surface area (Å²) in [4.78, 5) is 17.9. The first-order chi connectivity index (χ1) is 14.2. The Bertz CT molecular complexity index is 881. The summed E-state index contributed by atoms with van der Waals surface area (Å²) in [6, 6.07) is 18.1. The molecule has 0 saturated carbocycles. The first-order valence-corrected chi connectivity index (χ1v) is 11.1. The van der Waals surface area contributed by atoms with Gasteiger partial charge in [-0.2, -0.15) is 0 Å². The number of carbonyl (C=O) groups is 1. The van der Waals surface area contributed by atoms with Crippen LogP contribution in [0.5, 0.6) is 0 Å². The average molecular weight is 390 g/mol. The largest absolute Gasteiger partial charge is 0.334 e. The van der Waals surface area contributed by atoms with Crippen LogP contribution in [-0.2, 0) is 13.0 Å². The molecule has 2 aromatic carbocycles. The van der Waals surface area contributed by atoms with Crippen molar-refractivity contribution in [3.8, 4) is 0 Å². The van der Waals surface area contributed by atoms with E-state index in [4.69, 9.17) is 0 Å². The normalized spacial score (nSPS) is 26.2. The number of hydrogen-bond donors (Lipinski definition) is 1. The maximum absolute atomic E-state index is 13.1. The van der Waals surface area contributed by atoms with Gasteiger partial charge in [0.1, 0.15) is 0 Å². The van der Waals surface area contributed by atoms with Gasteiger partial charge in [-0.15, -0.1) is 0 Å². The molecule has 5 rings (SSSR count). The summed E-state index contributed by atoms with van der Waals surface area (Å²) in [5.41, 5.74) is 5.52. The number of nitrogens with zero attached hydrogens (tertiary/aromatic N) is 2. The molecule has 2 aromatic rings. The van der Waals surface area contributed by atoms with Crippen LogP contribution in [0.25, 0.3) is 0 Å². The van der Waals surface area contributed by atoms with Crippen molar-refractivity contribution in [2.45, 2.75) is 51.2 Å². The first-order valence-electron chi connectivity index (χ1n) is 11.1. The Labute approximate surface area is 173 Å². The van der Waals surface area contributed by atoms with Crippen molar-refractivity contribution in [1.82, 2.24) is 15.1 Å². The second-order valence-corrected chi connectivity index (χ2v) is 9.01. The number of piperidine rings is 2. The number of fused-ring (bicyclic) bond motifs is 4. The lowest BCUT2D eigenvalue weighted by Crippen LogP contribution is -2.59. The molecule has 2 saturated heterocycles. The van der Waals surface area contributed by atoms with Crippen LogP contribution in [0.3, 0.4) is 0 Å². The number of likely N-dealkylation sites (tertiary alicyclic amines) is 1. The molecule has 0 radical (unpaired) electrons. The molecule has 3 aliphatic rings. The number of urea groups is 1. The Morgan fingerprint density at radius 2 is 2.00 bits per heavy atom. The minimum absolute atomic E-state index is 0.108. The highest BCUT2D eigenvalue weighted by atomic mass is 16.2. The quantitative estimate of drug-likeness (QED) is 0.832. The van der Waals surface area contributed by atoms with Gasteiger partial charge in [-0.05, 0) is 55.2 Å². The van der Waals surface area contributed by atoms with Gasteiger partial charge in [0.15, 0.2) is 0 Å². The zero-order valence-corrected chi connectivity index (χ0v) is 17.3. The van der Waals surface area contributed by atoms with Crippen molar-refractivity contribution in [3.05, 3.63) is 70.8 Å². The van der Waals surface area contributed by atoms with Crippen LogP contribution in [-0.4, -0.2) is 41.5 Å². The van der Waals surface area contributed by atoms with E-state index in [1.807, 2.05) is 18.2 Å². The van der Waals surface area contributed by atoms with Crippen LogP contribution in [0.4, 0.5) is 4.79 Å². The summed E-state index contributed by atoms with van der Waals surface area (Å²) in [7, 11) is 0. The maximum atomic E-state index is 13.1. The summed E-state index contributed by atoms with van der Waals surface area (Å²) >= 11 is 0. The van der Waals surface area contributed by atoms with Crippen LogP contribution in [0.2, 0.25) is 0 Å². The number of carbonyl (C=O) groups excluding carboxylic acids is 1. The molecule has 29 heavy (non-hydrogen) atoms. The smallest absolute Gasteiger partial charge is 0.317 e. The first kappa shape index (κ1) is 18.7. The lowest BCUT2D eigenvalue weighted by atomic mass is 9.76. The molecular formula is C25H31N3O. The van der Waals surface area contributed by atoms with Crippen molar-refractivity contribution in [2.24, 2.45) is 5.92 Å². The maximum Gasteiger partial charge on any atom is 0.317 e. The number of hydrogen-bond acceptors (Lipinski definition) is 2. The fourth-order valence-corrected chi connectivity index (χ4v) is 5.71. The molecule has 0 aromatic heterocycles. The Kier molecular flexibility index (Phi) is 5.04. The van der Waals surface area contributed by atoms with E-state index in [0.29, 0.717) is 24.5 Å². The van der Waals surface area contributed by atoms with E-state index in [9.17, 15) is 4.79 Å². The second kappa shape index (κ2) is 7.83. The molecule has 3 atom stereocenters. The highest BCUT2D eigenvalue weighted by molar-refractivity contribution is 5.74. The molecule has 4 nitrogen and oxygen atoms in total. The molecule has 0 bridgehead atoms. The zero-order chi connectivity index (χ0) is 19.8. The molecule has 152 valence electrons. The Morgan fingerprint density at radius 1 is 1.14 bits per heavy atom. The van der Waals surface area contributed by atoms with E-state index >= 15 is 0 Å². The minimum Gasteiger partial charge on any atom is -0.334 e. The van der Waals surface area contributed by atoms with Gasteiger partial charge < -0.3 is 10.2 Å². The number of nitrogens with one attached hydrogen (secondary N) is 1. The van der Waals surface area contributed by atoms with E-state index < -0.39 is 0 Å². The lowest BCUT2D eigenvalue weighted by molar-refractivity contribution is 0.00567. The number of aryl methyl sites for hydroxylation is 1. The SMILES string of the molecule is Cc1ccc2c(c1)CCN1CC3CCCN(C(=O)NCc4ccccc4)C3CC21. The van der Waals surface area contributed by atoms with Crippen molar-refractivity contribution < 1.29 is 4.79 Å². The summed E-state index contributed by atoms with van der Waals surface area (Å²) in [5.74, 6) is 0.606. The van der Waals surface area contributed by atoms with Crippen LogP contribution >= 0.6 is 0 Å². The third-order valence-corrected chi connectivity index (χ3v) is 7.17. The van der Waals surface area contributed by atoms with Crippen LogP contribution in [0.1, 0.15) is 47.6 Å². The molecule has 2 fully saturated rings. The Morgan fingerprint density at radius 3 is 2.86 bits per heavy atom. The molecule has 1 N–H and O–H groups in total. The Hall–Kier alpha value is -2.33. The monoisotopic (exact) mass is 389 g/mol. The summed E-state index contributed by atoms with van der Waals surface area (Å²) in [5, 5.41) is 3.17. The van der Waals surface area contributed by atoms with E-state index in [0.717, 1.165) is 44.5 Å². The fourth-order valence-electron chi connectivity index (χ4n) is 5.71. The van der Waals surface area contributed by atoms with Gasteiger partial charge >= 0.3 is 6.03 Å². The van der Waals surface area contributed by atoms with Crippen molar-refractivity contribution >= 4 is 6.03 Å². The number of benzene rings is 2. The highest BCUT2D eigenvalue weighted by Gasteiger charge is 2.43. The number of amides is 2. The average Bonchev–Trinajstić information content (AvgIpc) is 2.76. The van der Waals surface area contributed by atoms with Gasteiger partial charge in [0.05, 0.1) is 0 Å². The zero-order valence-electron chi connectivity index (χ0n) is 17.3. The van der Waals surface area contributed by atoms with E-state index in [2.05, 4.69) is 52.4 Å². The summed E-state index contributed by atoms with van der Waals surface area (Å²) in [6.45, 7) is 5.96. The molecule has 3 heterocycles. The second-order valence-electron chi connectivity index (χ2n) is 9.01. The summed E-state index contributed by atoms with van der Waals surface area (Å²) < 4.78 is 0. The van der Waals surface area contributed by atoms with E-state index in [-0.39, 0.29) is 6.03 Å². The van der Waals surface area contributed by atoms with Crippen molar-refractivity contribution in [1.29, 1.82) is 0 Å². The van der Waals surface area contributed by atoms with Crippen LogP contribution in [0.15, 0.2) is 48.5 Å². The van der Waals surface area contributed by atoms with E-state index in [1.165, 1.54) is 23.1 Å². The van der Waals surface area contributed by atoms with Gasteiger partial charge in [0, 0.05) is 38.3 Å². The van der Waals surface area contributed by atoms with Crippen molar-refractivity contribution in [2.75, 3.05) is 19.6 Å². The van der Waals surface area contributed by atoms with Crippen molar-refractivity contribution in [3.63, 3.8) is 0 Å². The molecule has 0 spiro atoms. The summed E-state index contributed by atoms with van der Waals surface area (Å²) in [6.07, 6.45) is 4.59. The standard InChI is InChI=1S/C25H31N3O/c1-18-9-10-22-20(14-18)11-13-27-17-21-8-5-12-28(23(21)15-24(22)27)25(29)26-16-19-6-3-2-4-7-19/h2-4,6-7,9-10,14,21,23-24H,5,8,11-13,15-17H2,1H3,(H,26,29). The molecular weight excluding hydrogens is 358 g/mol. The van der Waals surface area contributed by atoms with Gasteiger partial charge in [0.25, 0.3) is 0 Å². The molecule has 4 heteroatoms. The third-order valence-electron chi connectivity index (χ3n) is 7.17. The lowest BCUT2D eigenvalue weighted by Gasteiger charge is -2.52. The fraction of sp³-hybridized carbons (Fsp3) is 0.480. The molecule has 3 unspecified atom stereocenters. The predicted molar refractivity (Wildman–Crippen MR) is 116 cm³/mol. The Balaban J connectivity index is 1.33. The predicted octanol–water partition coefficient (Wildman–Crippen LogP) is 4.29. The molecule has 3 aliphatic heterocycles. The van der Waals surface area contributed by atoms with Gasteiger partial charge in [-0.25, -0.2) is 4.79 Å². The topological polar surface area (TPSA) is 35.6 Å². The van der Waals surface area contributed by atoms with E-state index in [1.54, 1.807) is 0 Å². The van der Waals surface area contributed by atoms with Crippen LogP contribution < -0.4 is 5.32 Å². The molecule has 2 amide bonds. The third kappa shape index (κ3) is 3.66. The molecule has 0 aliphatic carbocycles. The van der Waals surface area contributed by atoms with Gasteiger partial charge in [-0.3, -0.25) is 4.90 Å². The van der Waals surface area contributed by atoms with Crippen LogP contribution in [0, 0.1) is 12.8 Å². The minimum atomic E-state index is 0.108.